The van der Waals surface area contributed by atoms with Crippen LogP contribution >= 0.6 is 0 Å². The Balaban J connectivity index is 1.16. The first-order valence-electron chi connectivity index (χ1n) is 24.9. The molecule has 1 N–H and O–H groups in total. The fraction of sp³-hybridized carbons (Fsp3) is 0.234. The van der Waals surface area contributed by atoms with Crippen molar-refractivity contribution in [3.63, 3.8) is 0 Å². The molecule has 0 bridgehead atoms. The largest absolute Gasteiger partial charge is 0.367 e. The first kappa shape index (κ1) is 41.1. The second-order valence-electron chi connectivity index (χ2n) is 20.7. The number of nitrogens with zero attached hydrogens (tertiary/aromatic N) is 3. The Morgan fingerprint density at radius 3 is 2.21 bits per heavy atom. The van der Waals surface area contributed by atoms with Crippen LogP contribution in [0.25, 0.3) is 38.6 Å². The molecular formula is C64H58N4. The highest BCUT2D eigenvalue weighted by molar-refractivity contribution is 6.09. The summed E-state index contributed by atoms with van der Waals surface area (Å²) < 4.78 is 0. The highest BCUT2D eigenvalue weighted by atomic mass is 15.3. The maximum Gasteiger partial charge on any atom is 0.136 e. The molecule has 2 heterocycles. The number of anilines is 2. The fourth-order valence-electron chi connectivity index (χ4n) is 13.6. The summed E-state index contributed by atoms with van der Waals surface area (Å²) in [6, 6.07) is 37.7. The summed E-state index contributed by atoms with van der Waals surface area (Å²) in [7, 11) is 0. The SMILES string of the molecule is CC1=CC(C)=C(N(C2=CC=CCC2)C2=CC3=C(CC2)c2cc(N(c4ncc(C)cc4C)C4C=CC=CC4)c4c(c2C3(C)C)C2(c3ccccc3-c3ccccc32)c2c-4ccc3ccccc23)NC1. The average molecular weight is 883 g/mol. The zero-order valence-corrected chi connectivity index (χ0v) is 40.2. The summed E-state index contributed by atoms with van der Waals surface area (Å²) in [4.78, 5) is 10.6. The van der Waals surface area contributed by atoms with E-state index in [9.17, 15) is 0 Å². The van der Waals surface area contributed by atoms with E-state index in [0.717, 1.165) is 44.5 Å². The Hall–Kier alpha value is -7.17. The van der Waals surface area contributed by atoms with Crippen LogP contribution in [0.4, 0.5) is 11.5 Å². The molecule has 5 aromatic carbocycles. The average Bonchev–Trinajstić information content (AvgIpc) is 3.92. The smallest absolute Gasteiger partial charge is 0.136 e. The second-order valence-corrected chi connectivity index (χ2v) is 20.7. The zero-order chi connectivity index (χ0) is 46.1. The monoisotopic (exact) mass is 882 g/mol. The molecule has 1 unspecified atom stereocenters. The van der Waals surface area contributed by atoms with Gasteiger partial charge in [0.1, 0.15) is 11.6 Å². The minimum atomic E-state index is -0.579. The van der Waals surface area contributed by atoms with E-state index in [4.69, 9.17) is 4.98 Å². The van der Waals surface area contributed by atoms with Crippen molar-refractivity contribution in [2.75, 3.05) is 11.4 Å². The van der Waals surface area contributed by atoms with E-state index < -0.39 is 5.41 Å². The number of benzene rings is 5. The van der Waals surface area contributed by atoms with Crippen LogP contribution in [0.1, 0.15) is 104 Å². The second kappa shape index (κ2) is 15.2. The quantitative estimate of drug-likeness (QED) is 0.180. The van der Waals surface area contributed by atoms with Crippen LogP contribution in [0, 0.1) is 13.8 Å². The summed E-state index contributed by atoms with van der Waals surface area (Å²) in [5.41, 5.74) is 24.8. The molecule has 1 spiro atoms. The molecule has 7 aliphatic rings. The molecule has 0 saturated heterocycles. The molecule has 0 radical (unpaired) electrons. The number of pyridine rings is 1. The van der Waals surface area contributed by atoms with Gasteiger partial charge in [0, 0.05) is 35.1 Å². The maximum absolute atomic E-state index is 5.37. The summed E-state index contributed by atoms with van der Waals surface area (Å²) in [6.45, 7) is 14.9. The van der Waals surface area contributed by atoms with Crippen LogP contribution in [-0.4, -0.2) is 22.5 Å². The number of allylic oxidation sites excluding steroid dienone is 12. The minimum absolute atomic E-state index is 0.0731. The molecule has 13 rings (SSSR count). The third kappa shape index (κ3) is 5.70. The van der Waals surface area contributed by atoms with Gasteiger partial charge in [0.2, 0.25) is 0 Å². The van der Waals surface area contributed by atoms with Crippen molar-refractivity contribution < 1.29 is 0 Å². The van der Waals surface area contributed by atoms with E-state index in [1.54, 1.807) is 0 Å². The van der Waals surface area contributed by atoms with E-state index >= 15 is 0 Å². The minimum Gasteiger partial charge on any atom is -0.367 e. The van der Waals surface area contributed by atoms with Crippen molar-refractivity contribution in [1.82, 2.24) is 15.2 Å². The van der Waals surface area contributed by atoms with Crippen molar-refractivity contribution in [3.8, 4) is 22.3 Å². The van der Waals surface area contributed by atoms with Gasteiger partial charge in [-0.3, -0.25) is 0 Å². The van der Waals surface area contributed by atoms with Crippen LogP contribution in [0.5, 0.6) is 0 Å². The number of aryl methyl sites for hydroxylation is 2. The third-order valence-electron chi connectivity index (χ3n) is 16.2. The Kier molecular flexibility index (Phi) is 9.16. The van der Waals surface area contributed by atoms with Gasteiger partial charge >= 0.3 is 0 Å². The Labute approximate surface area is 401 Å². The number of hydrogen-bond acceptors (Lipinski definition) is 4. The van der Waals surface area contributed by atoms with E-state index in [1.165, 1.54) is 123 Å². The Bertz CT molecular complexity index is 3420. The van der Waals surface area contributed by atoms with E-state index in [0.29, 0.717) is 0 Å². The van der Waals surface area contributed by atoms with Crippen LogP contribution < -0.4 is 10.2 Å². The highest BCUT2D eigenvalue weighted by Gasteiger charge is 2.58. The molecule has 0 fully saturated rings. The molecule has 334 valence electrons. The molecular weight excluding hydrogens is 825 g/mol. The molecule has 6 aromatic rings. The summed E-state index contributed by atoms with van der Waals surface area (Å²) in [6.07, 6.45) is 28.0. The van der Waals surface area contributed by atoms with Crippen LogP contribution in [0.3, 0.4) is 0 Å². The maximum atomic E-state index is 5.37. The fourth-order valence-corrected chi connectivity index (χ4v) is 13.6. The summed E-state index contributed by atoms with van der Waals surface area (Å²) in [5, 5.41) is 6.48. The van der Waals surface area contributed by atoms with E-state index in [2.05, 4.69) is 215 Å². The number of dihydropyridines is 1. The van der Waals surface area contributed by atoms with Crippen LogP contribution in [-0.2, 0) is 10.8 Å². The lowest BCUT2D eigenvalue weighted by molar-refractivity contribution is 0.434. The van der Waals surface area contributed by atoms with Gasteiger partial charge in [0.25, 0.3) is 0 Å². The van der Waals surface area contributed by atoms with Crippen molar-refractivity contribution >= 4 is 27.9 Å². The molecule has 4 heteroatoms. The van der Waals surface area contributed by atoms with Gasteiger partial charge in [0.15, 0.2) is 0 Å². The standard InChI is InChI=1S/C64H58N4/c1-39-33-41(3)61(65-37-39)67(44-20-9-7-10-21-44)46-30-32-50-52-36-56(68(45-22-11-8-12-23-45)62-42(4)34-40(2)38-66-62)57-51-31-29-43-19-13-14-24-47(43)58(51)64(60(57)59(52)63(5,6)55(50)35-46)53-27-17-15-25-48(53)49-26-16-18-28-54(49)64/h7-9,11-20,22,24-29,31,33-36,38,45,65H,10,21,23,30,32,37H2,1-6H3. The Morgan fingerprint density at radius 2 is 1.47 bits per heavy atom. The van der Waals surface area contributed by atoms with E-state index in [-0.39, 0.29) is 11.5 Å². The van der Waals surface area contributed by atoms with Gasteiger partial charge in [-0.2, -0.15) is 0 Å². The number of nitrogens with one attached hydrogen (secondary N) is 1. The molecule has 0 amide bonds. The van der Waals surface area contributed by atoms with Crippen molar-refractivity contribution in [3.05, 3.63) is 236 Å². The van der Waals surface area contributed by atoms with Gasteiger partial charge < -0.3 is 15.1 Å². The molecule has 4 nitrogen and oxygen atoms in total. The van der Waals surface area contributed by atoms with Crippen LogP contribution in [0.15, 0.2) is 192 Å². The molecule has 68 heavy (non-hydrogen) atoms. The number of fused-ring (bicyclic) bond motifs is 15. The Morgan fingerprint density at radius 1 is 0.691 bits per heavy atom. The molecule has 1 atom stereocenters. The van der Waals surface area contributed by atoms with Crippen molar-refractivity contribution in [1.29, 1.82) is 0 Å². The molecule has 0 saturated carbocycles. The topological polar surface area (TPSA) is 31.4 Å². The van der Waals surface area contributed by atoms with Gasteiger partial charge in [0.05, 0.1) is 17.1 Å². The molecule has 1 aromatic heterocycles. The lowest BCUT2D eigenvalue weighted by Crippen LogP contribution is -2.35. The third-order valence-corrected chi connectivity index (χ3v) is 16.2. The van der Waals surface area contributed by atoms with Gasteiger partial charge in [-0.1, -0.05) is 153 Å². The van der Waals surface area contributed by atoms with E-state index in [1.807, 2.05) is 0 Å². The zero-order valence-electron chi connectivity index (χ0n) is 40.2. The van der Waals surface area contributed by atoms with Crippen LogP contribution in [0.2, 0.25) is 0 Å². The normalized spacial score (nSPS) is 19.7. The highest BCUT2D eigenvalue weighted by Crippen LogP contribution is 2.70. The summed E-state index contributed by atoms with van der Waals surface area (Å²) in [5.74, 6) is 2.24. The first-order chi connectivity index (χ1) is 33.2. The first-order valence-corrected chi connectivity index (χ1v) is 24.9. The van der Waals surface area contributed by atoms with Gasteiger partial charge in [-0.15, -0.1) is 0 Å². The number of aromatic nitrogens is 1. The van der Waals surface area contributed by atoms with Crippen molar-refractivity contribution in [2.45, 2.75) is 90.5 Å². The predicted octanol–water partition coefficient (Wildman–Crippen LogP) is 15.3. The number of rotatable bonds is 6. The lowest BCUT2D eigenvalue weighted by Gasteiger charge is -2.39. The molecule has 1 aliphatic heterocycles. The number of hydrogen-bond donors (Lipinski definition) is 1. The van der Waals surface area contributed by atoms with Gasteiger partial charge in [-0.25, -0.2) is 4.98 Å². The van der Waals surface area contributed by atoms with Gasteiger partial charge in [-0.05, 0) is 167 Å². The predicted molar refractivity (Wildman–Crippen MR) is 283 cm³/mol. The molecule has 6 aliphatic carbocycles. The lowest BCUT2D eigenvalue weighted by atomic mass is 9.65. The van der Waals surface area contributed by atoms with Crippen molar-refractivity contribution in [2.24, 2.45) is 0 Å². The summed E-state index contributed by atoms with van der Waals surface area (Å²) >= 11 is 0.